The van der Waals surface area contributed by atoms with Crippen LogP contribution in [0.15, 0.2) is 0 Å². The Morgan fingerprint density at radius 1 is 1.38 bits per heavy atom. The number of aliphatic carboxylic acids is 1. The number of rotatable bonds is 6. The lowest BCUT2D eigenvalue weighted by Gasteiger charge is -2.37. The number of hydrogen-bond donors (Lipinski definition) is 2. The Bertz CT molecular complexity index is 174. The minimum absolute atomic E-state index is 0.0000709. The molecule has 0 aromatic rings. The Labute approximate surface area is 77.5 Å². The van der Waals surface area contributed by atoms with Gasteiger partial charge in [0, 0.05) is 6.61 Å². The van der Waals surface area contributed by atoms with Crippen LogP contribution < -0.4 is 0 Å². The molecule has 0 atom stereocenters. The molecule has 4 nitrogen and oxygen atoms in total. The molecule has 1 fully saturated rings. The van der Waals surface area contributed by atoms with Gasteiger partial charge in [-0.05, 0) is 19.3 Å². The number of aliphatic hydroxyl groups excluding tert-OH is 1. The summed E-state index contributed by atoms with van der Waals surface area (Å²) in [5.41, 5.74) is -0.518. The first-order valence-corrected chi connectivity index (χ1v) is 4.63. The summed E-state index contributed by atoms with van der Waals surface area (Å²) in [5, 5.41) is 17.4. The van der Waals surface area contributed by atoms with Gasteiger partial charge < -0.3 is 14.9 Å². The Kier molecular flexibility index (Phi) is 3.69. The molecular formula is C9H16O4. The molecular weight excluding hydrogens is 172 g/mol. The van der Waals surface area contributed by atoms with Crippen molar-refractivity contribution >= 4 is 5.97 Å². The largest absolute Gasteiger partial charge is 0.481 e. The van der Waals surface area contributed by atoms with E-state index in [4.69, 9.17) is 14.9 Å². The summed E-state index contributed by atoms with van der Waals surface area (Å²) in [6, 6.07) is 0. The van der Waals surface area contributed by atoms with E-state index in [0.717, 1.165) is 19.3 Å². The predicted molar refractivity (Wildman–Crippen MR) is 46.4 cm³/mol. The average molecular weight is 188 g/mol. The quantitative estimate of drug-likeness (QED) is 0.600. The lowest BCUT2D eigenvalue weighted by molar-refractivity contribution is -0.156. The zero-order valence-corrected chi connectivity index (χ0v) is 7.66. The van der Waals surface area contributed by atoms with Crippen molar-refractivity contribution in [2.24, 2.45) is 5.41 Å². The Hall–Kier alpha value is -0.610. The normalized spacial score (nSPS) is 19.5. The van der Waals surface area contributed by atoms with E-state index < -0.39 is 11.4 Å². The molecule has 1 saturated carbocycles. The van der Waals surface area contributed by atoms with Gasteiger partial charge in [0.1, 0.15) is 0 Å². The summed E-state index contributed by atoms with van der Waals surface area (Å²) >= 11 is 0. The maximum absolute atomic E-state index is 10.9. The SMILES string of the molecule is O=C(O)C1(CCOCCO)CCC1. The van der Waals surface area contributed by atoms with Crippen molar-refractivity contribution in [2.75, 3.05) is 19.8 Å². The molecule has 0 radical (unpaired) electrons. The van der Waals surface area contributed by atoms with Crippen LogP contribution >= 0.6 is 0 Å². The molecule has 0 aliphatic heterocycles. The number of carboxylic acid groups (broad SMARTS) is 1. The van der Waals surface area contributed by atoms with E-state index in [1.54, 1.807) is 0 Å². The molecule has 2 N–H and O–H groups in total. The Morgan fingerprint density at radius 3 is 2.46 bits per heavy atom. The zero-order valence-electron chi connectivity index (χ0n) is 7.66. The monoisotopic (exact) mass is 188 g/mol. The van der Waals surface area contributed by atoms with Crippen LogP contribution in [0.1, 0.15) is 25.7 Å². The predicted octanol–water partition coefficient (Wildman–Crippen LogP) is 0.640. The fourth-order valence-electron chi connectivity index (χ4n) is 1.61. The molecule has 0 amide bonds. The molecule has 76 valence electrons. The second-order valence-electron chi connectivity index (χ2n) is 3.53. The van der Waals surface area contributed by atoms with E-state index in [1.165, 1.54) is 0 Å². The summed E-state index contributed by atoms with van der Waals surface area (Å²) in [5.74, 6) is -0.702. The maximum atomic E-state index is 10.9. The first-order chi connectivity index (χ1) is 6.21. The van der Waals surface area contributed by atoms with Crippen molar-refractivity contribution in [2.45, 2.75) is 25.7 Å². The van der Waals surface area contributed by atoms with E-state index in [9.17, 15) is 4.79 Å². The molecule has 0 aromatic heterocycles. The fraction of sp³-hybridized carbons (Fsp3) is 0.889. The van der Waals surface area contributed by atoms with Gasteiger partial charge in [0.05, 0.1) is 18.6 Å². The average Bonchev–Trinajstić information content (AvgIpc) is 2.01. The highest BCUT2D eigenvalue weighted by Gasteiger charge is 2.43. The third-order valence-corrected chi connectivity index (χ3v) is 2.72. The third kappa shape index (κ3) is 2.42. The second kappa shape index (κ2) is 4.58. The molecule has 13 heavy (non-hydrogen) atoms. The highest BCUT2D eigenvalue weighted by Crippen LogP contribution is 2.44. The van der Waals surface area contributed by atoms with Gasteiger partial charge in [-0.25, -0.2) is 0 Å². The fourth-order valence-corrected chi connectivity index (χ4v) is 1.61. The molecule has 1 aliphatic carbocycles. The third-order valence-electron chi connectivity index (χ3n) is 2.72. The molecule has 4 heteroatoms. The van der Waals surface area contributed by atoms with Crippen LogP contribution in [0.3, 0.4) is 0 Å². The minimum Gasteiger partial charge on any atom is -0.481 e. The van der Waals surface area contributed by atoms with E-state index in [1.807, 2.05) is 0 Å². The van der Waals surface area contributed by atoms with Crippen molar-refractivity contribution in [1.29, 1.82) is 0 Å². The molecule has 0 heterocycles. The smallest absolute Gasteiger partial charge is 0.309 e. The molecule has 0 unspecified atom stereocenters. The van der Waals surface area contributed by atoms with Crippen LogP contribution in [0, 0.1) is 5.41 Å². The van der Waals surface area contributed by atoms with Crippen LogP contribution in [0.5, 0.6) is 0 Å². The number of aliphatic hydroxyl groups is 1. The van der Waals surface area contributed by atoms with Crippen molar-refractivity contribution in [3.05, 3.63) is 0 Å². The maximum Gasteiger partial charge on any atom is 0.309 e. The van der Waals surface area contributed by atoms with E-state index in [0.29, 0.717) is 19.6 Å². The van der Waals surface area contributed by atoms with E-state index >= 15 is 0 Å². The summed E-state index contributed by atoms with van der Waals surface area (Å²) in [7, 11) is 0. The van der Waals surface area contributed by atoms with Crippen molar-refractivity contribution in [3.63, 3.8) is 0 Å². The van der Waals surface area contributed by atoms with Gasteiger partial charge in [0.25, 0.3) is 0 Å². The minimum atomic E-state index is -0.702. The molecule has 0 saturated heterocycles. The Balaban J connectivity index is 2.21. The highest BCUT2D eigenvalue weighted by atomic mass is 16.5. The summed E-state index contributed by atoms with van der Waals surface area (Å²) < 4.78 is 5.05. The zero-order chi connectivity index (χ0) is 9.73. The first kappa shape index (κ1) is 10.5. The van der Waals surface area contributed by atoms with Gasteiger partial charge in [-0.3, -0.25) is 4.79 Å². The summed E-state index contributed by atoms with van der Waals surface area (Å²) in [6.07, 6.45) is 3.12. The van der Waals surface area contributed by atoms with Crippen LogP contribution in [-0.2, 0) is 9.53 Å². The van der Waals surface area contributed by atoms with Crippen molar-refractivity contribution < 1.29 is 19.7 Å². The van der Waals surface area contributed by atoms with Gasteiger partial charge in [0.2, 0.25) is 0 Å². The van der Waals surface area contributed by atoms with Crippen LogP contribution in [0.2, 0.25) is 0 Å². The summed E-state index contributed by atoms with van der Waals surface area (Å²) in [6.45, 7) is 0.739. The van der Waals surface area contributed by atoms with Gasteiger partial charge in [-0.2, -0.15) is 0 Å². The van der Waals surface area contributed by atoms with Crippen molar-refractivity contribution in [3.8, 4) is 0 Å². The molecule has 1 rings (SSSR count). The highest BCUT2D eigenvalue weighted by molar-refractivity contribution is 5.75. The topological polar surface area (TPSA) is 66.8 Å². The van der Waals surface area contributed by atoms with Gasteiger partial charge in [-0.15, -0.1) is 0 Å². The van der Waals surface area contributed by atoms with Crippen LogP contribution in [0.4, 0.5) is 0 Å². The van der Waals surface area contributed by atoms with Crippen LogP contribution in [0.25, 0.3) is 0 Å². The number of ether oxygens (including phenoxy) is 1. The van der Waals surface area contributed by atoms with Gasteiger partial charge >= 0.3 is 5.97 Å². The molecule has 0 bridgehead atoms. The number of carboxylic acids is 1. The lowest BCUT2D eigenvalue weighted by Crippen LogP contribution is -2.38. The number of carbonyl (C=O) groups is 1. The van der Waals surface area contributed by atoms with E-state index in [2.05, 4.69) is 0 Å². The standard InChI is InChI=1S/C9H16O4/c10-5-7-13-6-4-9(8(11)12)2-1-3-9/h10H,1-7H2,(H,11,12). The number of hydrogen-bond acceptors (Lipinski definition) is 3. The lowest BCUT2D eigenvalue weighted by atomic mass is 9.67. The first-order valence-electron chi connectivity index (χ1n) is 4.63. The van der Waals surface area contributed by atoms with Gasteiger partial charge in [0.15, 0.2) is 0 Å². The van der Waals surface area contributed by atoms with Crippen LogP contribution in [-0.4, -0.2) is 36.0 Å². The van der Waals surface area contributed by atoms with Gasteiger partial charge in [-0.1, -0.05) is 6.42 Å². The van der Waals surface area contributed by atoms with Crippen molar-refractivity contribution in [1.82, 2.24) is 0 Å². The molecule has 0 spiro atoms. The second-order valence-corrected chi connectivity index (χ2v) is 3.53. The summed E-state index contributed by atoms with van der Waals surface area (Å²) in [4.78, 5) is 10.9. The molecule has 0 aromatic carbocycles. The molecule has 1 aliphatic rings. The van der Waals surface area contributed by atoms with E-state index in [-0.39, 0.29) is 6.61 Å². The Morgan fingerprint density at radius 2 is 2.08 bits per heavy atom.